The van der Waals surface area contributed by atoms with Gasteiger partial charge in [-0.25, -0.2) is 4.79 Å². The second-order valence-corrected chi connectivity index (χ2v) is 5.61. The van der Waals surface area contributed by atoms with E-state index in [1.807, 2.05) is 13.0 Å². The quantitative estimate of drug-likeness (QED) is 0.854. The molecule has 1 saturated carbocycles. The third-order valence-corrected chi connectivity index (χ3v) is 4.44. The smallest absolute Gasteiger partial charge is 0.335 e. The second kappa shape index (κ2) is 4.27. The number of allylic oxidation sites excluding steroid dienone is 2. The van der Waals surface area contributed by atoms with Crippen LogP contribution in [-0.4, -0.2) is 11.1 Å². The Hall–Kier alpha value is -1.57. The highest BCUT2D eigenvalue weighted by Crippen LogP contribution is 2.46. The molecule has 2 bridgehead atoms. The maximum atomic E-state index is 11.0. The Morgan fingerprint density at radius 1 is 1.33 bits per heavy atom. The zero-order valence-electron chi connectivity index (χ0n) is 10.6. The van der Waals surface area contributed by atoms with E-state index in [2.05, 4.69) is 6.08 Å². The summed E-state index contributed by atoms with van der Waals surface area (Å²) in [6, 6.07) is 5.51. The molecule has 2 atom stereocenters. The molecule has 0 aliphatic heterocycles. The Morgan fingerprint density at radius 2 is 2.17 bits per heavy atom. The SMILES string of the molecule is Cc1cc(C(=O)O)ccc1C1=CCC2CCC1C2. The molecular formula is C16H18O2. The molecule has 2 aliphatic carbocycles. The minimum Gasteiger partial charge on any atom is -0.478 e. The van der Waals surface area contributed by atoms with Gasteiger partial charge in [-0.15, -0.1) is 0 Å². The molecule has 1 aromatic carbocycles. The van der Waals surface area contributed by atoms with Crippen molar-refractivity contribution >= 4 is 11.5 Å². The molecule has 0 aromatic heterocycles. The van der Waals surface area contributed by atoms with Gasteiger partial charge in [0.2, 0.25) is 0 Å². The van der Waals surface area contributed by atoms with E-state index in [1.165, 1.54) is 36.8 Å². The zero-order valence-corrected chi connectivity index (χ0v) is 10.6. The number of hydrogen-bond acceptors (Lipinski definition) is 1. The Balaban J connectivity index is 1.97. The number of carbonyl (C=O) groups is 1. The predicted molar refractivity (Wildman–Crippen MR) is 71.6 cm³/mol. The number of carboxylic acids is 1. The highest BCUT2D eigenvalue weighted by molar-refractivity contribution is 5.88. The van der Waals surface area contributed by atoms with Gasteiger partial charge in [-0.3, -0.25) is 0 Å². The molecule has 0 radical (unpaired) electrons. The summed E-state index contributed by atoms with van der Waals surface area (Å²) >= 11 is 0. The van der Waals surface area contributed by atoms with E-state index >= 15 is 0 Å². The lowest BCUT2D eigenvalue weighted by Gasteiger charge is -2.22. The molecule has 2 aliphatic rings. The van der Waals surface area contributed by atoms with E-state index in [-0.39, 0.29) is 0 Å². The number of hydrogen-bond donors (Lipinski definition) is 1. The van der Waals surface area contributed by atoms with Gasteiger partial charge in [0.15, 0.2) is 0 Å². The van der Waals surface area contributed by atoms with Crippen LogP contribution in [0.3, 0.4) is 0 Å². The normalized spacial score (nSPS) is 25.9. The number of rotatable bonds is 2. The molecule has 0 saturated heterocycles. The number of aryl methyl sites for hydroxylation is 1. The highest BCUT2D eigenvalue weighted by atomic mass is 16.4. The number of fused-ring (bicyclic) bond motifs is 2. The molecule has 1 fully saturated rings. The molecule has 2 heteroatoms. The first-order chi connectivity index (χ1) is 8.65. The van der Waals surface area contributed by atoms with Gasteiger partial charge in [0.1, 0.15) is 0 Å². The average molecular weight is 242 g/mol. The zero-order chi connectivity index (χ0) is 12.7. The van der Waals surface area contributed by atoms with Crippen molar-refractivity contribution in [1.29, 1.82) is 0 Å². The van der Waals surface area contributed by atoms with Crippen LogP contribution in [0.25, 0.3) is 5.57 Å². The van der Waals surface area contributed by atoms with Crippen LogP contribution in [-0.2, 0) is 0 Å². The fourth-order valence-electron chi connectivity index (χ4n) is 3.48. The minimum absolute atomic E-state index is 0.386. The van der Waals surface area contributed by atoms with Crippen molar-refractivity contribution < 1.29 is 9.90 Å². The minimum atomic E-state index is -0.844. The molecule has 0 amide bonds. The van der Waals surface area contributed by atoms with E-state index in [0.29, 0.717) is 11.5 Å². The molecule has 0 heterocycles. The molecule has 94 valence electrons. The summed E-state index contributed by atoms with van der Waals surface area (Å²) in [5.74, 6) is 0.763. The molecule has 2 nitrogen and oxygen atoms in total. The van der Waals surface area contributed by atoms with Gasteiger partial charge < -0.3 is 5.11 Å². The van der Waals surface area contributed by atoms with Gasteiger partial charge in [-0.2, -0.15) is 0 Å². The lowest BCUT2D eigenvalue weighted by atomic mass is 9.83. The lowest BCUT2D eigenvalue weighted by molar-refractivity contribution is 0.0697. The van der Waals surface area contributed by atoms with E-state index in [0.717, 1.165) is 11.5 Å². The molecular weight excluding hydrogens is 224 g/mol. The Morgan fingerprint density at radius 3 is 2.89 bits per heavy atom. The van der Waals surface area contributed by atoms with Gasteiger partial charge in [0.05, 0.1) is 5.56 Å². The summed E-state index contributed by atoms with van der Waals surface area (Å²) < 4.78 is 0. The van der Waals surface area contributed by atoms with Crippen LogP contribution in [0, 0.1) is 18.8 Å². The first kappa shape index (κ1) is 11.5. The van der Waals surface area contributed by atoms with Gasteiger partial charge in [-0.05, 0) is 73.3 Å². The fourth-order valence-corrected chi connectivity index (χ4v) is 3.48. The molecule has 3 rings (SSSR count). The standard InChI is InChI=1S/C16H18O2/c1-10-8-13(16(17)18)5-7-14(10)15-6-3-11-2-4-12(15)9-11/h5-8,11-12H,2-4,9H2,1H3,(H,17,18). The monoisotopic (exact) mass is 242 g/mol. The summed E-state index contributed by atoms with van der Waals surface area (Å²) in [5.41, 5.74) is 4.19. The van der Waals surface area contributed by atoms with Crippen LogP contribution in [0.4, 0.5) is 0 Å². The lowest BCUT2D eigenvalue weighted by Crippen LogP contribution is -2.07. The first-order valence-electron chi connectivity index (χ1n) is 6.69. The Bertz CT molecular complexity index is 528. The van der Waals surface area contributed by atoms with Crippen LogP contribution in [0.2, 0.25) is 0 Å². The third-order valence-electron chi connectivity index (χ3n) is 4.44. The summed E-state index contributed by atoms with van der Waals surface area (Å²) in [6.07, 6.45) is 7.57. The molecule has 2 unspecified atom stereocenters. The van der Waals surface area contributed by atoms with E-state index in [1.54, 1.807) is 12.1 Å². The van der Waals surface area contributed by atoms with Crippen molar-refractivity contribution in [2.45, 2.75) is 32.6 Å². The highest BCUT2D eigenvalue weighted by Gasteiger charge is 2.31. The Kier molecular flexibility index (Phi) is 2.73. The third kappa shape index (κ3) is 1.86. The number of benzene rings is 1. The van der Waals surface area contributed by atoms with Gasteiger partial charge >= 0.3 is 5.97 Å². The average Bonchev–Trinajstić information content (AvgIpc) is 2.72. The largest absolute Gasteiger partial charge is 0.478 e. The maximum Gasteiger partial charge on any atom is 0.335 e. The molecule has 1 aromatic rings. The van der Waals surface area contributed by atoms with Crippen molar-refractivity contribution in [3.8, 4) is 0 Å². The predicted octanol–water partition coefficient (Wildman–Crippen LogP) is 3.90. The van der Waals surface area contributed by atoms with E-state index in [4.69, 9.17) is 5.11 Å². The van der Waals surface area contributed by atoms with Crippen molar-refractivity contribution in [3.63, 3.8) is 0 Å². The summed E-state index contributed by atoms with van der Waals surface area (Å²) in [7, 11) is 0. The molecule has 0 spiro atoms. The van der Waals surface area contributed by atoms with Crippen molar-refractivity contribution in [2.75, 3.05) is 0 Å². The summed E-state index contributed by atoms with van der Waals surface area (Å²) in [6.45, 7) is 2.02. The van der Waals surface area contributed by atoms with Gasteiger partial charge in [-0.1, -0.05) is 12.1 Å². The Labute approximate surface area is 107 Å². The van der Waals surface area contributed by atoms with Crippen LogP contribution >= 0.6 is 0 Å². The summed E-state index contributed by atoms with van der Waals surface area (Å²) in [5, 5.41) is 9.00. The van der Waals surface area contributed by atoms with Crippen molar-refractivity contribution in [3.05, 3.63) is 41.0 Å². The molecule has 18 heavy (non-hydrogen) atoms. The van der Waals surface area contributed by atoms with Crippen LogP contribution in [0.1, 0.15) is 47.2 Å². The number of carboxylic acid groups (broad SMARTS) is 1. The van der Waals surface area contributed by atoms with E-state index < -0.39 is 5.97 Å². The van der Waals surface area contributed by atoms with Crippen LogP contribution in [0.5, 0.6) is 0 Å². The first-order valence-corrected chi connectivity index (χ1v) is 6.69. The van der Waals surface area contributed by atoms with Crippen LogP contribution < -0.4 is 0 Å². The number of aromatic carboxylic acids is 1. The molecule has 1 N–H and O–H groups in total. The topological polar surface area (TPSA) is 37.3 Å². The fraction of sp³-hybridized carbons (Fsp3) is 0.438. The second-order valence-electron chi connectivity index (χ2n) is 5.61. The van der Waals surface area contributed by atoms with Gasteiger partial charge in [0.25, 0.3) is 0 Å². The van der Waals surface area contributed by atoms with Crippen LogP contribution in [0.15, 0.2) is 24.3 Å². The van der Waals surface area contributed by atoms with E-state index in [9.17, 15) is 4.79 Å². The maximum absolute atomic E-state index is 11.0. The van der Waals surface area contributed by atoms with Gasteiger partial charge in [0, 0.05) is 0 Å². The summed E-state index contributed by atoms with van der Waals surface area (Å²) in [4.78, 5) is 11.0. The van der Waals surface area contributed by atoms with Crippen molar-refractivity contribution in [2.24, 2.45) is 11.8 Å². The van der Waals surface area contributed by atoms with Crippen molar-refractivity contribution in [1.82, 2.24) is 0 Å².